The van der Waals surface area contributed by atoms with Crippen LogP contribution in [0.1, 0.15) is 11.1 Å². The summed E-state index contributed by atoms with van der Waals surface area (Å²) in [6, 6.07) is 23.8. The van der Waals surface area contributed by atoms with Crippen LogP contribution in [0, 0.1) is 6.92 Å². The predicted octanol–water partition coefficient (Wildman–Crippen LogP) is 4.53. The summed E-state index contributed by atoms with van der Waals surface area (Å²) < 4.78 is 27.2. The Morgan fingerprint density at radius 2 is 1.44 bits per heavy atom. The first-order valence-electron chi connectivity index (χ1n) is 17.3. The van der Waals surface area contributed by atoms with Crippen molar-refractivity contribution >= 4 is 34.3 Å². The van der Waals surface area contributed by atoms with Crippen LogP contribution >= 0.6 is 0 Å². The minimum atomic E-state index is -0.995. The Hall–Kier alpha value is -5.59. The normalized spacial score (nSPS) is 14.1. The van der Waals surface area contributed by atoms with Crippen molar-refractivity contribution in [3.05, 3.63) is 89.3 Å². The maximum absolute atomic E-state index is 12.1. The third kappa shape index (κ3) is 8.30. The molecule has 0 amide bonds. The number of benzene rings is 4. The molecule has 12 nitrogen and oxygen atoms in total. The molecule has 0 spiro atoms. The molecule has 272 valence electrons. The van der Waals surface area contributed by atoms with Gasteiger partial charge in [-0.15, -0.1) is 0 Å². The first-order chi connectivity index (χ1) is 25.1. The van der Waals surface area contributed by atoms with E-state index >= 15 is 0 Å². The van der Waals surface area contributed by atoms with Crippen LogP contribution in [0.2, 0.25) is 0 Å². The fourth-order valence-electron chi connectivity index (χ4n) is 6.52. The smallest absolute Gasteiger partial charge is 0.323 e. The topological polar surface area (TPSA) is 137 Å². The zero-order valence-electron chi connectivity index (χ0n) is 30.0. The summed E-state index contributed by atoms with van der Waals surface area (Å²) >= 11 is 0. The second-order valence-corrected chi connectivity index (χ2v) is 13.0. The highest BCUT2D eigenvalue weighted by molar-refractivity contribution is 6.02. The molecule has 2 aliphatic heterocycles. The van der Waals surface area contributed by atoms with Crippen LogP contribution in [0.4, 0.5) is 11.4 Å². The first-order valence-corrected chi connectivity index (χ1v) is 17.3. The molecule has 0 fully saturated rings. The van der Waals surface area contributed by atoms with Gasteiger partial charge in [-0.05, 0) is 67.1 Å². The van der Waals surface area contributed by atoms with E-state index in [0.29, 0.717) is 36.0 Å². The first kappa shape index (κ1) is 36.2. The summed E-state index contributed by atoms with van der Waals surface area (Å²) in [5.41, 5.74) is 6.81. The number of nitrogens with zero attached hydrogens (tertiary/aromatic N) is 3. The summed E-state index contributed by atoms with van der Waals surface area (Å²) in [7, 11) is 5.89. The van der Waals surface area contributed by atoms with Gasteiger partial charge in [0.15, 0.2) is 0 Å². The molecule has 3 aromatic rings. The molecule has 0 atom stereocenters. The molecule has 3 aromatic carbocycles. The number of rotatable bonds is 7. The number of anilines is 2. The van der Waals surface area contributed by atoms with Crippen LogP contribution in [-0.2, 0) is 20.9 Å². The van der Waals surface area contributed by atoms with E-state index in [9.17, 15) is 19.8 Å². The number of aryl methyl sites for hydroxylation is 1. The highest BCUT2D eigenvalue weighted by Crippen LogP contribution is 2.43. The van der Waals surface area contributed by atoms with E-state index in [1.807, 2.05) is 75.1 Å². The van der Waals surface area contributed by atoms with Crippen molar-refractivity contribution in [2.45, 2.75) is 13.5 Å². The fourth-order valence-corrected chi connectivity index (χ4v) is 6.52. The van der Waals surface area contributed by atoms with Crippen molar-refractivity contribution in [2.75, 3.05) is 83.5 Å². The number of carboxylic acid groups (broad SMARTS) is 2. The van der Waals surface area contributed by atoms with Gasteiger partial charge in [0.1, 0.15) is 63.2 Å². The molecule has 12 heteroatoms. The van der Waals surface area contributed by atoms with Crippen molar-refractivity contribution < 1.29 is 38.4 Å². The van der Waals surface area contributed by atoms with Gasteiger partial charge in [-0.1, -0.05) is 24.3 Å². The van der Waals surface area contributed by atoms with E-state index < -0.39 is 11.9 Å². The molecule has 0 saturated heterocycles. The highest BCUT2D eigenvalue weighted by atomic mass is 16.5. The number of ether oxygens (including phenoxy) is 3. The number of hydrogen-bond donors (Lipinski definition) is 3. The number of carbonyl (C=O) groups is 2. The number of hydrogen-bond acceptors (Lipinski definition) is 9. The van der Waals surface area contributed by atoms with Gasteiger partial charge < -0.3 is 44.0 Å². The number of carboxylic acids is 2. The Kier molecular flexibility index (Phi) is 11.3. The summed E-state index contributed by atoms with van der Waals surface area (Å²) in [6.45, 7) is 3.45. The van der Waals surface area contributed by atoms with Gasteiger partial charge in [-0.2, -0.15) is 0 Å². The lowest BCUT2D eigenvalue weighted by Crippen LogP contribution is -2.35. The maximum atomic E-state index is 12.1. The molecule has 1 aliphatic carbocycles. The van der Waals surface area contributed by atoms with Crippen LogP contribution in [0.3, 0.4) is 0 Å². The second-order valence-electron chi connectivity index (χ2n) is 13.0. The van der Waals surface area contributed by atoms with Crippen LogP contribution < -0.4 is 34.5 Å². The Morgan fingerprint density at radius 1 is 0.788 bits per heavy atom. The van der Waals surface area contributed by atoms with Crippen molar-refractivity contribution in [2.24, 2.45) is 0 Å². The van der Waals surface area contributed by atoms with Crippen LogP contribution in [0.5, 0.6) is 11.5 Å². The molecular weight excluding hydrogens is 664 g/mol. The van der Waals surface area contributed by atoms with E-state index in [1.54, 1.807) is 9.80 Å². The van der Waals surface area contributed by atoms with E-state index in [-0.39, 0.29) is 46.1 Å². The molecule has 0 saturated carbocycles. The Labute approximate surface area is 302 Å². The Balaban J connectivity index is 1.45. The van der Waals surface area contributed by atoms with Crippen molar-refractivity contribution in [3.8, 4) is 33.9 Å². The monoisotopic (exact) mass is 709 g/mol. The van der Waals surface area contributed by atoms with Crippen LogP contribution in [0.25, 0.3) is 33.4 Å². The van der Waals surface area contributed by atoms with Gasteiger partial charge in [0.25, 0.3) is 0 Å². The lowest BCUT2D eigenvalue weighted by molar-refractivity contribution is -0.136. The van der Waals surface area contributed by atoms with E-state index in [2.05, 4.69) is 35.6 Å². The van der Waals surface area contributed by atoms with Gasteiger partial charge in [-0.3, -0.25) is 9.59 Å². The number of nitrogens with one attached hydrogen (secondary N) is 1. The van der Waals surface area contributed by atoms with E-state index in [4.69, 9.17) is 18.6 Å². The van der Waals surface area contributed by atoms with E-state index in [0.717, 1.165) is 49.9 Å². The minimum absolute atomic E-state index is 0.144. The van der Waals surface area contributed by atoms with Crippen molar-refractivity contribution in [3.63, 3.8) is 0 Å². The van der Waals surface area contributed by atoms with Crippen LogP contribution in [-0.4, -0.2) is 95.9 Å². The largest absolute Gasteiger partial charge is 0.488 e. The average Bonchev–Trinajstić information content (AvgIpc) is 3.11. The summed E-state index contributed by atoms with van der Waals surface area (Å²) in [5.74, 6) is -0.201. The molecule has 3 N–H and O–H groups in total. The zero-order valence-corrected chi connectivity index (χ0v) is 30.0. The predicted molar refractivity (Wildman–Crippen MR) is 201 cm³/mol. The number of fused-ring (bicyclic) bond motifs is 4. The summed E-state index contributed by atoms with van der Waals surface area (Å²) in [5, 5.41) is 24.7. The third-order valence-electron chi connectivity index (χ3n) is 8.97. The quantitative estimate of drug-likeness (QED) is 0.162. The summed E-state index contributed by atoms with van der Waals surface area (Å²) in [4.78, 5) is 27.3. The van der Waals surface area contributed by atoms with Gasteiger partial charge in [0.05, 0.1) is 30.7 Å². The minimum Gasteiger partial charge on any atom is -0.488 e. The Morgan fingerprint density at radius 3 is 2.08 bits per heavy atom. The molecule has 0 aromatic heterocycles. The second kappa shape index (κ2) is 16.2. The van der Waals surface area contributed by atoms with E-state index in [1.165, 1.54) is 0 Å². The fraction of sp³-hybridized carbons (Fsp3) is 0.325. The van der Waals surface area contributed by atoms with Crippen LogP contribution in [0.15, 0.2) is 77.2 Å². The molecule has 6 rings (SSSR count). The van der Waals surface area contributed by atoms with Gasteiger partial charge in [0.2, 0.25) is 5.36 Å². The summed E-state index contributed by atoms with van der Waals surface area (Å²) in [6.07, 6.45) is 0. The molecule has 0 unspecified atom stereocenters. The third-order valence-corrected chi connectivity index (χ3v) is 8.97. The standard InChI is InChI=1S/C40H44N4O8/c1-26-5-11-32-36(19-26)50-17-18-51-37-21-28(7-12-33(37)44(25-39(47)48)14-16-49-15-13-43(32)24-38(45)46)40-30-9-6-27(23-41-2)20-34(30)52-35-22-29(42(3)4)8-10-31(35)40/h5-12,19-22,41H,13-18,23-25H2,1-4H3,(H-,45,46,47,48)/p+1. The molecule has 2 heterocycles. The molecule has 0 radical (unpaired) electrons. The van der Waals surface area contributed by atoms with Crippen molar-refractivity contribution in [1.82, 2.24) is 9.89 Å². The number of aliphatic carboxylic acids is 2. The Bertz CT molecular complexity index is 2120. The zero-order chi connectivity index (χ0) is 36.8. The van der Waals surface area contributed by atoms with Crippen molar-refractivity contribution in [1.29, 1.82) is 0 Å². The lowest BCUT2D eigenvalue weighted by Gasteiger charge is -2.26. The average molecular weight is 710 g/mol. The molecular formula is C40H45N4O8+. The lowest BCUT2D eigenvalue weighted by atomic mass is 9.92. The van der Waals surface area contributed by atoms with Gasteiger partial charge >= 0.3 is 11.9 Å². The SMILES string of the molecule is CNCc1ccc2c(-c3ccc4c(c3)OCCOc3cc(C)ccc3N(CC(=O)O)CCOCCN4CC(=O)O)c3ccc(=[N+](C)C)cc-3oc2c1. The van der Waals surface area contributed by atoms with Gasteiger partial charge in [0, 0.05) is 42.2 Å². The molecule has 52 heavy (non-hydrogen) atoms. The maximum Gasteiger partial charge on any atom is 0.323 e. The highest BCUT2D eigenvalue weighted by Gasteiger charge is 2.23. The van der Waals surface area contributed by atoms with Gasteiger partial charge in [-0.25, -0.2) is 4.58 Å². The molecule has 3 aliphatic rings. The molecule has 0 bridgehead atoms.